The van der Waals surface area contributed by atoms with Crippen LogP contribution in [-0.2, 0) is 25.5 Å². The van der Waals surface area contributed by atoms with Gasteiger partial charge in [-0.05, 0) is 58.3 Å². The number of H-pyrrole nitrogens is 1. The molecule has 0 aliphatic rings. The summed E-state index contributed by atoms with van der Waals surface area (Å²) in [6.07, 6.45) is 42.3. The molecule has 3 N–H and O–H groups in total. The van der Waals surface area contributed by atoms with Crippen molar-refractivity contribution in [1.82, 2.24) is 15.3 Å². The van der Waals surface area contributed by atoms with Crippen LogP contribution in [0.1, 0.15) is 155 Å². The van der Waals surface area contributed by atoms with Crippen molar-refractivity contribution in [3.8, 4) is 0 Å². The number of aromatic amines is 1. The number of carbonyl (C=O) groups is 3. The number of nitrogens with zero attached hydrogens (tertiary/aromatic N) is 1. The maximum absolute atomic E-state index is 12.2. The Hall–Kier alpha value is -3.42. The molecule has 0 unspecified atom stereocenters. The predicted molar refractivity (Wildman–Crippen MR) is 199 cm³/mol. The molecular weight excluding hydrogens is 602 g/mol. The van der Waals surface area contributed by atoms with E-state index in [1.165, 1.54) is 70.6 Å². The molecule has 272 valence electrons. The van der Waals surface area contributed by atoms with E-state index in [9.17, 15) is 14.4 Å². The van der Waals surface area contributed by atoms with Crippen LogP contribution in [0.15, 0.2) is 61.1 Å². The number of carboxylic acid groups (broad SMARTS) is 1. The average molecular weight is 670 g/mol. The zero-order chi connectivity index (χ0) is 35.3. The van der Waals surface area contributed by atoms with E-state index in [1.54, 1.807) is 19.4 Å². The molecule has 1 rings (SSSR count). The number of ether oxygens (including phenoxy) is 1. The second-order valence-electron chi connectivity index (χ2n) is 12.1. The monoisotopic (exact) mass is 670 g/mol. The van der Waals surface area contributed by atoms with E-state index in [-0.39, 0.29) is 12.3 Å². The van der Waals surface area contributed by atoms with Crippen LogP contribution in [0, 0.1) is 0 Å². The van der Waals surface area contributed by atoms with Crippen molar-refractivity contribution in [3.63, 3.8) is 0 Å². The molecule has 0 bridgehead atoms. The molecule has 0 aromatic carbocycles. The fraction of sp³-hybridized carbons (Fsp3) is 0.650. The molecule has 1 heterocycles. The Morgan fingerprint density at radius 1 is 0.729 bits per heavy atom. The molecule has 1 aromatic rings. The fourth-order valence-corrected chi connectivity index (χ4v) is 4.85. The van der Waals surface area contributed by atoms with E-state index in [4.69, 9.17) is 9.84 Å². The first-order valence-corrected chi connectivity index (χ1v) is 18.7. The summed E-state index contributed by atoms with van der Waals surface area (Å²) >= 11 is 0. The summed E-state index contributed by atoms with van der Waals surface area (Å²) in [5, 5.41) is 11.3. The second kappa shape index (κ2) is 34.9. The Kier molecular flexibility index (Phi) is 32.4. The fourth-order valence-electron chi connectivity index (χ4n) is 4.85. The lowest BCUT2D eigenvalue weighted by Crippen LogP contribution is -2.43. The van der Waals surface area contributed by atoms with Crippen molar-refractivity contribution < 1.29 is 24.2 Å². The number of hydrogen-bond acceptors (Lipinski definition) is 5. The van der Waals surface area contributed by atoms with Crippen LogP contribution in [0.3, 0.4) is 0 Å². The summed E-state index contributed by atoms with van der Waals surface area (Å²) in [4.78, 5) is 41.4. The molecule has 1 aromatic heterocycles. The minimum absolute atomic E-state index is 0.0921. The largest absolute Gasteiger partial charge is 0.481 e. The number of rotatable bonds is 29. The van der Waals surface area contributed by atoms with Crippen LogP contribution in [0.25, 0.3) is 0 Å². The van der Waals surface area contributed by atoms with Crippen LogP contribution >= 0.6 is 0 Å². The van der Waals surface area contributed by atoms with Crippen LogP contribution in [0.5, 0.6) is 0 Å². The maximum atomic E-state index is 12.2. The summed E-state index contributed by atoms with van der Waals surface area (Å²) in [6.45, 7) is 6.52. The third-order valence-corrected chi connectivity index (χ3v) is 7.61. The number of amides is 1. The van der Waals surface area contributed by atoms with Crippen LogP contribution < -0.4 is 5.32 Å². The van der Waals surface area contributed by atoms with Gasteiger partial charge in [0.1, 0.15) is 6.04 Å². The molecule has 1 amide bonds. The summed E-state index contributed by atoms with van der Waals surface area (Å²) < 4.78 is 5.06. The molecular formula is C40H67N3O5. The highest BCUT2D eigenvalue weighted by Gasteiger charge is 2.22. The number of nitrogens with one attached hydrogen (secondary N) is 2. The third kappa shape index (κ3) is 31.2. The Labute approximate surface area is 292 Å². The highest BCUT2D eigenvalue weighted by molar-refractivity contribution is 5.84. The van der Waals surface area contributed by atoms with E-state index in [0.717, 1.165) is 50.6 Å². The molecule has 0 aliphatic carbocycles. The van der Waals surface area contributed by atoms with E-state index >= 15 is 0 Å². The zero-order valence-corrected chi connectivity index (χ0v) is 30.4. The van der Waals surface area contributed by atoms with Crippen LogP contribution in [-0.4, -0.2) is 45.6 Å². The first-order chi connectivity index (χ1) is 23.4. The molecule has 0 spiro atoms. The second-order valence-corrected chi connectivity index (χ2v) is 12.1. The molecule has 8 nitrogen and oxygen atoms in total. The highest BCUT2D eigenvalue weighted by Crippen LogP contribution is 2.11. The van der Waals surface area contributed by atoms with Crippen LogP contribution in [0.4, 0.5) is 0 Å². The first kappa shape index (κ1) is 44.6. The van der Waals surface area contributed by atoms with Gasteiger partial charge in [0.15, 0.2) is 0 Å². The highest BCUT2D eigenvalue weighted by atomic mass is 16.5. The molecule has 0 saturated heterocycles. The molecule has 1 atom stereocenters. The van der Waals surface area contributed by atoms with Crippen molar-refractivity contribution >= 4 is 17.8 Å². The number of aromatic nitrogens is 2. The van der Waals surface area contributed by atoms with Gasteiger partial charge < -0.3 is 20.1 Å². The lowest BCUT2D eigenvalue weighted by atomic mass is 10.1. The van der Waals surface area contributed by atoms with Gasteiger partial charge in [0.25, 0.3) is 0 Å². The minimum atomic E-state index is -0.712. The van der Waals surface area contributed by atoms with Gasteiger partial charge in [0, 0.05) is 31.2 Å². The number of esters is 1. The van der Waals surface area contributed by atoms with Crippen molar-refractivity contribution in [1.29, 1.82) is 0 Å². The minimum Gasteiger partial charge on any atom is -0.481 e. The van der Waals surface area contributed by atoms with Gasteiger partial charge >= 0.3 is 11.9 Å². The van der Waals surface area contributed by atoms with Gasteiger partial charge in [-0.2, -0.15) is 0 Å². The zero-order valence-electron chi connectivity index (χ0n) is 30.4. The van der Waals surface area contributed by atoms with E-state index < -0.39 is 18.0 Å². The summed E-state index contributed by atoms with van der Waals surface area (Å²) in [6, 6.07) is -0.665. The quantitative estimate of drug-likeness (QED) is 0.0443. The van der Waals surface area contributed by atoms with E-state index in [2.05, 4.69) is 77.7 Å². The molecule has 8 heteroatoms. The number of carbonyl (C=O) groups excluding carboxylic acids is 2. The number of aliphatic carboxylic acids is 1. The van der Waals surface area contributed by atoms with Crippen molar-refractivity contribution in [3.05, 3.63) is 66.8 Å². The Balaban J connectivity index is 0.000000935. The molecule has 0 aliphatic heterocycles. The SMILES string of the molecule is CCCCC/C=C/C/C=C/C/C=C/C/C=C/CCCC(=O)O.CCCCCCCCCCCC(=O)N[C@@H](Cc1cnc[nH]1)C(=O)OCC. The van der Waals surface area contributed by atoms with Gasteiger partial charge in [-0.25, -0.2) is 9.78 Å². The number of imidazole rings is 1. The van der Waals surface area contributed by atoms with Gasteiger partial charge in [-0.3, -0.25) is 9.59 Å². The number of hydrogen-bond donors (Lipinski definition) is 3. The summed E-state index contributed by atoms with van der Waals surface area (Å²) in [5.74, 6) is -1.20. The molecule has 0 saturated carbocycles. The van der Waals surface area contributed by atoms with Gasteiger partial charge in [-0.15, -0.1) is 0 Å². The van der Waals surface area contributed by atoms with Crippen LogP contribution in [0.2, 0.25) is 0 Å². The first-order valence-electron chi connectivity index (χ1n) is 18.7. The molecule has 0 radical (unpaired) electrons. The summed E-state index contributed by atoms with van der Waals surface area (Å²) in [5.41, 5.74) is 0.798. The standard InChI is InChI=1S/C20H35N3O3.C20H32O2/c1-3-5-6-7-8-9-10-11-12-13-19(24)23-18(20(25)26-4-2)14-17-15-21-16-22-17;1-2-3-4-5-6-7-8-9-10-11-12-13-14-15-16-17-18-19-20(21)22/h15-16,18H,3-14H2,1-2H3,(H,21,22)(H,23,24);6-7,9-10,12-13,15-16H,2-5,8,11,14,17-19H2,1H3,(H,21,22)/b;7-6+,10-9+,13-12+,16-15+/t18-;/m0./s1. The van der Waals surface area contributed by atoms with Gasteiger partial charge in [-0.1, -0.05) is 127 Å². The van der Waals surface area contributed by atoms with E-state index in [0.29, 0.717) is 19.4 Å². The molecule has 48 heavy (non-hydrogen) atoms. The average Bonchev–Trinajstić information content (AvgIpc) is 3.58. The van der Waals surface area contributed by atoms with Crippen molar-refractivity contribution in [2.24, 2.45) is 0 Å². The lowest BCUT2D eigenvalue weighted by molar-refractivity contribution is -0.147. The van der Waals surface area contributed by atoms with Crippen molar-refractivity contribution in [2.75, 3.05) is 6.61 Å². The lowest BCUT2D eigenvalue weighted by Gasteiger charge is -2.16. The Bertz CT molecular complexity index is 1010. The smallest absolute Gasteiger partial charge is 0.329 e. The Morgan fingerprint density at radius 2 is 1.25 bits per heavy atom. The predicted octanol–water partition coefficient (Wildman–Crippen LogP) is 10.1. The molecule has 0 fully saturated rings. The van der Waals surface area contributed by atoms with E-state index in [1.807, 2.05) is 0 Å². The number of unbranched alkanes of at least 4 members (excludes halogenated alkanes) is 12. The number of allylic oxidation sites excluding steroid dienone is 8. The van der Waals surface area contributed by atoms with Gasteiger partial charge in [0.05, 0.1) is 12.9 Å². The maximum Gasteiger partial charge on any atom is 0.329 e. The summed E-state index contributed by atoms with van der Waals surface area (Å²) in [7, 11) is 0. The van der Waals surface area contributed by atoms with Crippen molar-refractivity contribution in [2.45, 2.75) is 162 Å². The number of carboxylic acids is 1. The topological polar surface area (TPSA) is 121 Å². The third-order valence-electron chi connectivity index (χ3n) is 7.61. The normalized spacial score (nSPS) is 12.1. The van der Waals surface area contributed by atoms with Gasteiger partial charge in [0.2, 0.25) is 5.91 Å². The Morgan fingerprint density at radius 3 is 1.77 bits per heavy atom.